The zero-order valence-corrected chi connectivity index (χ0v) is 18.9. The molecule has 30 heavy (non-hydrogen) atoms. The fraction of sp³-hybridized carbons (Fsp3) is 0.136. The molecule has 0 heterocycles. The topological polar surface area (TPSA) is 75.7 Å². The third kappa shape index (κ3) is 5.01. The third-order valence-electron chi connectivity index (χ3n) is 4.40. The second-order valence-electron chi connectivity index (χ2n) is 6.55. The predicted octanol–water partition coefficient (Wildman–Crippen LogP) is 4.60. The van der Waals surface area contributed by atoms with E-state index in [0.717, 1.165) is 9.87 Å². The largest absolute Gasteiger partial charge is 0.497 e. The van der Waals surface area contributed by atoms with Crippen LogP contribution in [0.2, 0.25) is 0 Å². The summed E-state index contributed by atoms with van der Waals surface area (Å²) in [4.78, 5) is 12.8. The quantitative estimate of drug-likeness (QED) is 0.527. The average molecular weight is 489 g/mol. The molecule has 0 saturated carbocycles. The van der Waals surface area contributed by atoms with Gasteiger partial charge in [-0.3, -0.25) is 9.10 Å². The van der Waals surface area contributed by atoms with Crippen molar-refractivity contribution >= 4 is 43.2 Å². The van der Waals surface area contributed by atoms with Crippen molar-refractivity contribution in [3.8, 4) is 5.75 Å². The van der Waals surface area contributed by atoms with Crippen LogP contribution in [-0.2, 0) is 14.8 Å². The number of benzene rings is 3. The van der Waals surface area contributed by atoms with Gasteiger partial charge in [-0.15, -0.1) is 0 Å². The number of nitrogens with zero attached hydrogens (tertiary/aromatic N) is 1. The molecular weight excluding hydrogens is 468 g/mol. The van der Waals surface area contributed by atoms with Gasteiger partial charge in [0.15, 0.2) is 0 Å². The molecule has 0 aliphatic heterocycles. The monoisotopic (exact) mass is 488 g/mol. The van der Waals surface area contributed by atoms with Gasteiger partial charge in [-0.05, 0) is 71.4 Å². The Morgan fingerprint density at radius 1 is 1.00 bits per heavy atom. The summed E-state index contributed by atoms with van der Waals surface area (Å²) in [6.45, 7) is 1.49. The number of aryl methyl sites for hydroxylation is 1. The lowest BCUT2D eigenvalue weighted by Crippen LogP contribution is -2.38. The number of hydrogen-bond acceptors (Lipinski definition) is 4. The van der Waals surface area contributed by atoms with E-state index >= 15 is 0 Å². The first-order valence-electron chi connectivity index (χ1n) is 9.09. The maximum absolute atomic E-state index is 13.4. The van der Waals surface area contributed by atoms with Crippen LogP contribution in [0.15, 0.2) is 82.2 Å². The summed E-state index contributed by atoms with van der Waals surface area (Å²) in [5.41, 5.74) is 1.86. The number of sulfonamides is 1. The third-order valence-corrected chi connectivity index (χ3v) is 6.88. The average Bonchev–Trinajstić information content (AvgIpc) is 2.74. The van der Waals surface area contributed by atoms with E-state index in [1.54, 1.807) is 54.6 Å². The van der Waals surface area contributed by atoms with Gasteiger partial charge in [0, 0.05) is 4.47 Å². The summed E-state index contributed by atoms with van der Waals surface area (Å²) in [5, 5.41) is 2.75. The molecule has 8 heteroatoms. The number of carbonyl (C=O) groups is 1. The zero-order valence-electron chi connectivity index (χ0n) is 16.5. The summed E-state index contributed by atoms with van der Waals surface area (Å²) >= 11 is 3.37. The summed E-state index contributed by atoms with van der Waals surface area (Å²) in [6.07, 6.45) is 0. The van der Waals surface area contributed by atoms with Gasteiger partial charge in [-0.1, -0.05) is 29.8 Å². The van der Waals surface area contributed by atoms with Crippen LogP contribution in [0.4, 0.5) is 11.4 Å². The number of hydrogen-bond donors (Lipinski definition) is 1. The van der Waals surface area contributed by atoms with Gasteiger partial charge in [0.05, 0.1) is 23.4 Å². The molecule has 0 spiro atoms. The number of ether oxygens (including phenoxy) is 1. The Kier molecular flexibility index (Phi) is 6.79. The lowest BCUT2D eigenvalue weighted by Gasteiger charge is -2.24. The molecule has 1 N–H and O–H groups in total. The molecule has 0 bridgehead atoms. The number of carbonyl (C=O) groups excluding carboxylic acids is 1. The second kappa shape index (κ2) is 9.32. The van der Waals surface area contributed by atoms with E-state index in [4.69, 9.17) is 4.74 Å². The van der Waals surface area contributed by atoms with Gasteiger partial charge in [0.2, 0.25) is 5.91 Å². The smallest absolute Gasteiger partial charge is 0.264 e. The Labute approximate surface area is 184 Å². The number of methoxy groups -OCH3 is 1. The molecule has 3 aromatic carbocycles. The van der Waals surface area contributed by atoms with Gasteiger partial charge in [0.25, 0.3) is 10.0 Å². The number of halogens is 1. The second-order valence-corrected chi connectivity index (χ2v) is 9.27. The summed E-state index contributed by atoms with van der Waals surface area (Å²) < 4.78 is 33.7. The summed E-state index contributed by atoms with van der Waals surface area (Å²) in [7, 11) is -2.44. The Bertz CT molecular complexity index is 1130. The lowest BCUT2D eigenvalue weighted by molar-refractivity contribution is -0.114. The van der Waals surface area contributed by atoms with E-state index in [1.165, 1.54) is 19.2 Å². The molecule has 0 aliphatic carbocycles. The fourth-order valence-electron chi connectivity index (χ4n) is 2.78. The first-order chi connectivity index (χ1) is 14.3. The number of anilines is 2. The summed E-state index contributed by atoms with van der Waals surface area (Å²) in [6, 6.07) is 20.2. The minimum Gasteiger partial charge on any atom is -0.497 e. The molecule has 3 aromatic rings. The van der Waals surface area contributed by atoms with Gasteiger partial charge in [0.1, 0.15) is 12.3 Å². The van der Waals surface area contributed by atoms with Crippen molar-refractivity contribution in [2.45, 2.75) is 11.8 Å². The number of amides is 1. The molecule has 156 valence electrons. The molecule has 0 radical (unpaired) electrons. The molecule has 6 nitrogen and oxygen atoms in total. The molecule has 0 atom stereocenters. The molecule has 0 aromatic heterocycles. The van der Waals surface area contributed by atoms with Crippen molar-refractivity contribution in [2.75, 3.05) is 23.3 Å². The van der Waals surface area contributed by atoms with Crippen molar-refractivity contribution in [1.29, 1.82) is 0 Å². The number of rotatable bonds is 7. The Morgan fingerprint density at radius 2 is 1.63 bits per heavy atom. The zero-order chi connectivity index (χ0) is 21.7. The van der Waals surface area contributed by atoms with E-state index in [-0.39, 0.29) is 11.4 Å². The SMILES string of the molecule is COc1ccc(N(CC(=O)Nc2ccccc2Br)S(=O)(=O)c2ccc(C)cc2)cc1. The number of nitrogens with one attached hydrogen (secondary N) is 1. The van der Waals surface area contributed by atoms with Gasteiger partial charge in [-0.2, -0.15) is 0 Å². The van der Waals surface area contributed by atoms with Crippen LogP contribution in [0, 0.1) is 6.92 Å². The first kappa shape index (κ1) is 21.9. The van der Waals surface area contributed by atoms with Crippen LogP contribution in [0.3, 0.4) is 0 Å². The van der Waals surface area contributed by atoms with Gasteiger partial charge < -0.3 is 10.1 Å². The standard InChI is InChI=1S/C22H21BrN2O4S/c1-16-7-13-19(14-8-16)30(27,28)25(17-9-11-18(29-2)12-10-17)15-22(26)24-21-6-4-3-5-20(21)23/h3-14H,15H2,1-2H3,(H,24,26). The van der Waals surface area contributed by atoms with Gasteiger partial charge >= 0.3 is 0 Å². The Hall–Kier alpha value is -2.84. The highest BCUT2D eigenvalue weighted by molar-refractivity contribution is 9.10. The fourth-order valence-corrected chi connectivity index (χ4v) is 4.59. The maximum atomic E-state index is 13.4. The van der Waals surface area contributed by atoms with Crippen LogP contribution in [0.5, 0.6) is 5.75 Å². The minimum absolute atomic E-state index is 0.109. The Balaban J connectivity index is 1.95. The highest BCUT2D eigenvalue weighted by Gasteiger charge is 2.27. The van der Waals surface area contributed by atoms with E-state index in [9.17, 15) is 13.2 Å². The lowest BCUT2D eigenvalue weighted by atomic mass is 10.2. The highest BCUT2D eigenvalue weighted by atomic mass is 79.9. The van der Waals surface area contributed by atoms with Crippen molar-refractivity contribution in [3.05, 3.63) is 82.8 Å². The predicted molar refractivity (Wildman–Crippen MR) is 121 cm³/mol. The van der Waals surface area contributed by atoms with Crippen molar-refractivity contribution in [3.63, 3.8) is 0 Å². The van der Waals surface area contributed by atoms with Gasteiger partial charge in [-0.25, -0.2) is 8.42 Å². The summed E-state index contributed by atoms with van der Waals surface area (Å²) in [5.74, 6) is 0.123. The van der Waals surface area contributed by atoms with Crippen molar-refractivity contribution < 1.29 is 17.9 Å². The number of para-hydroxylation sites is 1. The molecular formula is C22H21BrN2O4S. The maximum Gasteiger partial charge on any atom is 0.264 e. The minimum atomic E-state index is -3.97. The van der Waals surface area contributed by atoms with E-state index < -0.39 is 15.9 Å². The van der Waals surface area contributed by atoms with Crippen molar-refractivity contribution in [2.24, 2.45) is 0 Å². The molecule has 0 fully saturated rings. The van der Waals surface area contributed by atoms with Crippen LogP contribution < -0.4 is 14.4 Å². The van der Waals surface area contributed by atoms with Crippen LogP contribution in [-0.4, -0.2) is 28.0 Å². The Morgan fingerprint density at radius 3 is 2.23 bits per heavy atom. The normalized spacial score (nSPS) is 11.0. The van der Waals surface area contributed by atoms with E-state index in [1.807, 2.05) is 13.0 Å². The molecule has 1 amide bonds. The molecule has 3 rings (SSSR count). The molecule has 0 aliphatic rings. The molecule has 0 unspecified atom stereocenters. The van der Waals surface area contributed by atoms with Crippen molar-refractivity contribution in [1.82, 2.24) is 0 Å². The molecule has 0 saturated heterocycles. The van der Waals surface area contributed by atoms with E-state index in [2.05, 4.69) is 21.2 Å². The van der Waals surface area contributed by atoms with Crippen LogP contribution >= 0.6 is 15.9 Å². The van der Waals surface area contributed by atoms with Crippen LogP contribution in [0.25, 0.3) is 0 Å². The van der Waals surface area contributed by atoms with E-state index in [0.29, 0.717) is 21.6 Å². The first-order valence-corrected chi connectivity index (χ1v) is 11.3. The van der Waals surface area contributed by atoms with Crippen LogP contribution in [0.1, 0.15) is 5.56 Å². The highest BCUT2D eigenvalue weighted by Crippen LogP contribution is 2.27.